The van der Waals surface area contributed by atoms with Crippen LogP contribution in [0.2, 0.25) is 0 Å². The molecule has 1 aromatic rings. The molecule has 1 aromatic heterocycles. The normalized spacial score (nSPS) is 19.8. The minimum atomic E-state index is -0.285. The smallest absolute Gasteiger partial charge is 0.217 e. The van der Waals surface area contributed by atoms with Gasteiger partial charge in [0.15, 0.2) is 5.76 Å². The molecule has 0 bridgehead atoms. The van der Waals surface area contributed by atoms with E-state index < -0.39 is 0 Å². The van der Waals surface area contributed by atoms with Gasteiger partial charge in [0.05, 0.1) is 13.2 Å². The van der Waals surface area contributed by atoms with Gasteiger partial charge < -0.3 is 13.9 Å². The molecule has 1 fully saturated rings. The summed E-state index contributed by atoms with van der Waals surface area (Å²) in [5.41, 5.74) is 0. The van der Waals surface area contributed by atoms with Crippen molar-refractivity contribution in [1.82, 2.24) is 0 Å². The van der Waals surface area contributed by atoms with Gasteiger partial charge in [-0.3, -0.25) is 0 Å². The molecule has 0 unspecified atom stereocenters. The van der Waals surface area contributed by atoms with Crippen molar-refractivity contribution in [3.8, 4) is 0 Å². The van der Waals surface area contributed by atoms with Crippen LogP contribution in [0.4, 0.5) is 0 Å². The first-order chi connectivity index (χ1) is 5.86. The van der Waals surface area contributed by atoms with Crippen molar-refractivity contribution in [1.29, 1.82) is 0 Å². The lowest BCUT2D eigenvalue weighted by molar-refractivity contribution is -0.191. The van der Waals surface area contributed by atoms with Crippen LogP contribution in [0.3, 0.4) is 0 Å². The van der Waals surface area contributed by atoms with Gasteiger partial charge in [0.1, 0.15) is 5.76 Å². The van der Waals surface area contributed by atoms with E-state index in [1.165, 1.54) is 0 Å². The third-order valence-electron chi connectivity index (χ3n) is 1.82. The quantitative estimate of drug-likeness (QED) is 0.643. The zero-order chi connectivity index (χ0) is 8.39. The number of hydrogen-bond acceptors (Lipinski definition) is 3. The Labute approximate surface area is 71.3 Å². The first-order valence-corrected chi connectivity index (χ1v) is 4.16. The van der Waals surface area contributed by atoms with E-state index in [1.54, 1.807) is 0 Å². The van der Waals surface area contributed by atoms with Crippen molar-refractivity contribution in [3.05, 3.63) is 23.7 Å². The maximum absolute atomic E-state index is 5.37. The highest BCUT2D eigenvalue weighted by atomic mass is 16.7. The van der Waals surface area contributed by atoms with Crippen molar-refractivity contribution < 1.29 is 13.9 Å². The molecule has 1 saturated heterocycles. The van der Waals surface area contributed by atoms with Crippen LogP contribution in [0, 0.1) is 6.92 Å². The summed E-state index contributed by atoms with van der Waals surface area (Å²) in [6, 6.07) is 3.81. The van der Waals surface area contributed by atoms with Crippen molar-refractivity contribution in [2.24, 2.45) is 0 Å². The molecule has 0 radical (unpaired) electrons. The summed E-state index contributed by atoms with van der Waals surface area (Å²) in [5.74, 6) is 1.66. The van der Waals surface area contributed by atoms with Crippen LogP contribution in [0.1, 0.15) is 24.2 Å². The minimum absolute atomic E-state index is 0.285. The zero-order valence-corrected chi connectivity index (χ0v) is 7.08. The first kappa shape index (κ1) is 7.83. The van der Waals surface area contributed by atoms with Crippen molar-refractivity contribution in [3.63, 3.8) is 0 Å². The van der Waals surface area contributed by atoms with Gasteiger partial charge in [-0.2, -0.15) is 0 Å². The van der Waals surface area contributed by atoms with Crippen molar-refractivity contribution in [2.75, 3.05) is 13.2 Å². The molecular weight excluding hydrogens is 156 g/mol. The molecule has 1 aliphatic heterocycles. The van der Waals surface area contributed by atoms with Gasteiger partial charge in [0.2, 0.25) is 6.29 Å². The van der Waals surface area contributed by atoms with Gasteiger partial charge >= 0.3 is 0 Å². The van der Waals surface area contributed by atoms with Crippen LogP contribution < -0.4 is 0 Å². The van der Waals surface area contributed by atoms with Crippen molar-refractivity contribution in [2.45, 2.75) is 19.6 Å². The summed E-state index contributed by atoms with van der Waals surface area (Å²) in [6.07, 6.45) is 0.684. The van der Waals surface area contributed by atoms with Crippen LogP contribution in [-0.2, 0) is 9.47 Å². The molecule has 0 atom stereocenters. The van der Waals surface area contributed by atoms with E-state index in [0.717, 1.165) is 31.2 Å². The first-order valence-electron chi connectivity index (χ1n) is 4.16. The van der Waals surface area contributed by atoms with Gasteiger partial charge in [0, 0.05) is 0 Å². The molecule has 1 aliphatic rings. The third kappa shape index (κ3) is 1.52. The van der Waals surface area contributed by atoms with E-state index in [4.69, 9.17) is 13.9 Å². The lowest BCUT2D eigenvalue weighted by atomic mass is 10.4. The maximum atomic E-state index is 5.37. The second-order valence-corrected chi connectivity index (χ2v) is 2.88. The van der Waals surface area contributed by atoms with E-state index in [0.29, 0.717) is 0 Å². The van der Waals surface area contributed by atoms with E-state index in [9.17, 15) is 0 Å². The lowest BCUT2D eigenvalue weighted by Gasteiger charge is -2.20. The Morgan fingerprint density at radius 1 is 1.25 bits per heavy atom. The topological polar surface area (TPSA) is 31.6 Å². The minimum Gasteiger partial charge on any atom is -0.461 e. The molecule has 3 nitrogen and oxygen atoms in total. The zero-order valence-electron chi connectivity index (χ0n) is 7.08. The average molecular weight is 168 g/mol. The predicted octanol–water partition coefficient (Wildman–Crippen LogP) is 2.02. The van der Waals surface area contributed by atoms with Gasteiger partial charge in [0.25, 0.3) is 0 Å². The van der Waals surface area contributed by atoms with Crippen LogP contribution in [0.15, 0.2) is 16.5 Å². The van der Waals surface area contributed by atoms with Crippen LogP contribution in [-0.4, -0.2) is 13.2 Å². The second kappa shape index (κ2) is 3.29. The summed E-state index contributed by atoms with van der Waals surface area (Å²) in [7, 11) is 0. The number of ether oxygens (including phenoxy) is 2. The van der Waals surface area contributed by atoms with E-state index >= 15 is 0 Å². The lowest BCUT2D eigenvalue weighted by Crippen LogP contribution is -2.17. The summed E-state index contributed by atoms with van der Waals surface area (Å²) in [4.78, 5) is 0. The Bertz CT molecular complexity index is 248. The second-order valence-electron chi connectivity index (χ2n) is 2.88. The molecular formula is C9H12O3. The molecule has 3 heteroatoms. The number of hydrogen-bond donors (Lipinski definition) is 0. The number of furan rings is 1. The Morgan fingerprint density at radius 2 is 2.00 bits per heavy atom. The Morgan fingerprint density at radius 3 is 2.58 bits per heavy atom. The Kier molecular flexibility index (Phi) is 2.15. The van der Waals surface area contributed by atoms with Crippen LogP contribution in [0.5, 0.6) is 0 Å². The van der Waals surface area contributed by atoms with Gasteiger partial charge in [-0.25, -0.2) is 0 Å². The SMILES string of the molecule is Cc1ccc(C2OCCCO2)o1. The standard InChI is InChI=1S/C9H12O3/c1-7-3-4-8(12-7)9-10-5-2-6-11-9/h3-4,9H,2,5-6H2,1H3. The summed E-state index contributed by atoms with van der Waals surface area (Å²) in [5, 5.41) is 0. The summed E-state index contributed by atoms with van der Waals surface area (Å²) in [6.45, 7) is 3.42. The fraction of sp³-hybridized carbons (Fsp3) is 0.556. The number of aryl methyl sites for hydroxylation is 1. The van der Waals surface area contributed by atoms with Crippen LogP contribution in [0.25, 0.3) is 0 Å². The van der Waals surface area contributed by atoms with Crippen molar-refractivity contribution >= 4 is 0 Å². The average Bonchev–Trinajstić information content (AvgIpc) is 2.54. The van der Waals surface area contributed by atoms with E-state index in [-0.39, 0.29) is 6.29 Å². The molecule has 0 N–H and O–H groups in total. The molecule has 12 heavy (non-hydrogen) atoms. The summed E-state index contributed by atoms with van der Waals surface area (Å²) < 4.78 is 16.1. The molecule has 0 aliphatic carbocycles. The fourth-order valence-corrected chi connectivity index (χ4v) is 1.23. The largest absolute Gasteiger partial charge is 0.461 e. The highest BCUT2D eigenvalue weighted by molar-refractivity contribution is 5.06. The van der Waals surface area contributed by atoms with Gasteiger partial charge in [-0.1, -0.05) is 0 Å². The molecule has 0 saturated carbocycles. The maximum Gasteiger partial charge on any atom is 0.217 e. The third-order valence-corrected chi connectivity index (χ3v) is 1.82. The summed E-state index contributed by atoms with van der Waals surface area (Å²) >= 11 is 0. The van der Waals surface area contributed by atoms with Gasteiger partial charge in [-0.15, -0.1) is 0 Å². The van der Waals surface area contributed by atoms with Crippen LogP contribution >= 0.6 is 0 Å². The highest BCUT2D eigenvalue weighted by Gasteiger charge is 2.19. The molecule has 66 valence electrons. The monoisotopic (exact) mass is 168 g/mol. The van der Waals surface area contributed by atoms with Gasteiger partial charge in [-0.05, 0) is 25.5 Å². The van der Waals surface area contributed by atoms with E-state index in [1.807, 2.05) is 19.1 Å². The number of rotatable bonds is 1. The molecule has 2 heterocycles. The molecule has 0 spiro atoms. The fourth-order valence-electron chi connectivity index (χ4n) is 1.23. The predicted molar refractivity (Wildman–Crippen MR) is 42.7 cm³/mol. The van der Waals surface area contributed by atoms with E-state index in [2.05, 4.69) is 0 Å². The highest BCUT2D eigenvalue weighted by Crippen LogP contribution is 2.24. The Balaban J connectivity index is 2.08. The molecule has 2 rings (SSSR count). The molecule has 0 aromatic carbocycles. The Hall–Kier alpha value is -0.800. The molecule has 0 amide bonds.